The Bertz CT molecular complexity index is 3440. The lowest BCUT2D eigenvalue weighted by Gasteiger charge is -2.33. The van der Waals surface area contributed by atoms with E-state index in [2.05, 4.69) is 38.9 Å². The Hall–Kier alpha value is -7.70. The highest BCUT2D eigenvalue weighted by Crippen LogP contribution is 2.58. The maximum atomic E-state index is 14.7. The Balaban J connectivity index is 1.53. The molecule has 0 amide bonds. The van der Waals surface area contributed by atoms with E-state index in [4.69, 9.17) is 0 Å². The van der Waals surface area contributed by atoms with Crippen LogP contribution in [0.15, 0.2) is 78.9 Å². The fourth-order valence-electron chi connectivity index (χ4n) is 7.54. The summed E-state index contributed by atoms with van der Waals surface area (Å²) in [5, 5.41) is -0.734. The number of halogens is 36. The van der Waals surface area contributed by atoms with Crippen LogP contribution in [0.4, 0.5) is 158 Å². The summed E-state index contributed by atoms with van der Waals surface area (Å²) >= 11 is 0. The van der Waals surface area contributed by atoms with Crippen molar-refractivity contribution >= 4 is 21.8 Å². The zero-order chi connectivity index (χ0) is 71.2. The summed E-state index contributed by atoms with van der Waals surface area (Å²) in [6, 6.07) is 11.5. The van der Waals surface area contributed by atoms with Gasteiger partial charge in [-0.3, -0.25) is 0 Å². The first kappa shape index (κ1) is 74.3. The summed E-state index contributed by atoms with van der Waals surface area (Å²) in [6.45, 7) is -11.0. The molecule has 0 aliphatic carbocycles. The summed E-state index contributed by atoms with van der Waals surface area (Å²) in [5.74, 6) is -95.1. The Labute approximate surface area is 489 Å². The molecule has 3 aromatic heterocycles. The van der Waals surface area contributed by atoms with Crippen molar-refractivity contribution in [3.8, 4) is 52.0 Å². The molecular formula is C48H25F36N5O4. The summed E-state index contributed by atoms with van der Waals surface area (Å²) in [6.07, 6.45) is -35.4. The molecule has 518 valence electrons. The zero-order valence-electron chi connectivity index (χ0n) is 43.7. The van der Waals surface area contributed by atoms with Gasteiger partial charge in [0.1, 0.15) is 0 Å². The van der Waals surface area contributed by atoms with Gasteiger partial charge in [-0.2, -0.15) is 178 Å². The molecule has 93 heavy (non-hydrogen) atoms. The Morgan fingerprint density at radius 1 is 0.290 bits per heavy atom. The first-order valence-corrected chi connectivity index (χ1v) is 23.9. The number of hydrogen-bond donors (Lipinski definition) is 0. The number of alkyl halides is 36. The number of ether oxygens (including phenoxy) is 4. The van der Waals surface area contributed by atoms with E-state index in [9.17, 15) is 158 Å². The molecule has 0 spiro atoms. The van der Waals surface area contributed by atoms with Crippen molar-refractivity contribution in [1.82, 2.24) is 24.5 Å². The van der Waals surface area contributed by atoms with Crippen LogP contribution in [-0.4, -0.2) is 147 Å². The molecule has 0 radical (unpaired) electrons. The average Bonchev–Trinajstić information content (AvgIpc) is 1.73. The largest absolute Gasteiger partial charge is 0.477 e. The maximum absolute atomic E-state index is 14.7. The van der Waals surface area contributed by atoms with Gasteiger partial charge in [0.2, 0.25) is 23.5 Å². The quantitative estimate of drug-likeness (QED) is 0.0524. The first-order valence-electron chi connectivity index (χ1n) is 23.9. The first-order chi connectivity index (χ1) is 41.7. The molecule has 3 aromatic carbocycles. The smallest absolute Gasteiger partial charge is 0.460 e. The second-order valence-corrected chi connectivity index (χ2v) is 19.0. The van der Waals surface area contributed by atoms with Crippen molar-refractivity contribution in [2.75, 3.05) is 26.4 Å². The minimum Gasteiger partial charge on any atom is -0.477 e. The number of rotatable bonds is 25. The lowest BCUT2D eigenvalue weighted by Crippen LogP contribution is -2.62. The average molecular weight is 1420 g/mol. The molecule has 0 aliphatic rings. The van der Waals surface area contributed by atoms with Crippen LogP contribution in [0, 0.1) is 0 Å². The van der Waals surface area contributed by atoms with Crippen LogP contribution in [0.25, 0.3) is 50.3 Å². The standard InChI is InChI=1S/C48H25F36N5O4/c49-33(50,37(57,58)41(65,66)45(73,74)75)10-12-90-27-16-29(92-18-35(53,54)39(61,62)43(69,70)47(79,80)81)87-31(85-27)20-6-8-25-23(14-20)24-15-21(7-9-26(24)89(25)22-4-2-1-3-5-22)32-86-28(91-13-11-34(51,52)38(59,60)42(67,68)46(76,77)78)17-30(88-32)93-19-36(55,56)40(63,64)44(71,72)48(82,83)84/h1-9,14-17H,10-13,18-19H2. The molecular weight excluding hydrogens is 1390 g/mol. The summed E-state index contributed by atoms with van der Waals surface area (Å²) in [7, 11) is 0. The maximum Gasteiger partial charge on any atom is 0.460 e. The van der Waals surface area contributed by atoms with Crippen LogP contribution in [0.1, 0.15) is 12.8 Å². The van der Waals surface area contributed by atoms with E-state index >= 15 is 0 Å². The molecule has 0 bridgehead atoms. The van der Waals surface area contributed by atoms with Crippen molar-refractivity contribution < 1.29 is 177 Å². The lowest BCUT2D eigenvalue weighted by molar-refractivity contribution is -0.398. The predicted octanol–water partition coefficient (Wildman–Crippen LogP) is 17.9. The van der Waals surface area contributed by atoms with E-state index in [0.29, 0.717) is 0 Å². The van der Waals surface area contributed by atoms with Crippen LogP contribution >= 0.6 is 0 Å². The molecule has 0 saturated carbocycles. The van der Waals surface area contributed by atoms with Crippen molar-refractivity contribution in [3.05, 3.63) is 78.9 Å². The number of nitrogens with zero attached hydrogens (tertiary/aromatic N) is 5. The molecule has 45 heteroatoms. The van der Waals surface area contributed by atoms with Gasteiger partial charge in [-0.1, -0.05) is 18.2 Å². The van der Waals surface area contributed by atoms with Gasteiger partial charge < -0.3 is 23.5 Å². The summed E-state index contributed by atoms with van der Waals surface area (Å²) in [4.78, 5) is 13.9. The SMILES string of the molecule is FC(F)(F)C(F)(F)C(F)(F)C(F)(F)CCOc1cc(OCC(F)(F)C(F)(F)C(F)(F)C(F)(F)F)nc(-c2ccc3c(c2)c2cc(-c4nc(OCCC(F)(F)C(F)(F)C(F)(F)C(F)(F)F)cc(OCC(F)(F)C(F)(F)C(F)(F)C(F)(F)F)n4)ccc2n3-c2ccccc2)n1. The zero-order valence-corrected chi connectivity index (χ0v) is 43.7. The summed E-state index contributed by atoms with van der Waals surface area (Å²) < 4.78 is 511. The minimum absolute atomic E-state index is 0.0936. The van der Waals surface area contributed by atoms with E-state index < -0.39 is 181 Å². The second kappa shape index (κ2) is 23.6. The fraction of sp³-hybridized carbons (Fsp3) is 0.458. The molecule has 0 aliphatic heterocycles. The Morgan fingerprint density at radius 3 is 0.839 bits per heavy atom. The van der Waals surface area contributed by atoms with Crippen LogP contribution in [0.5, 0.6) is 23.5 Å². The highest BCUT2D eigenvalue weighted by atomic mass is 19.5. The second-order valence-electron chi connectivity index (χ2n) is 19.0. The predicted molar refractivity (Wildman–Crippen MR) is 238 cm³/mol. The van der Waals surface area contributed by atoms with Gasteiger partial charge in [-0.25, -0.2) is 0 Å². The van der Waals surface area contributed by atoms with Gasteiger partial charge in [0, 0.05) is 27.6 Å². The molecule has 6 rings (SSSR count). The normalized spacial score (nSPS) is 14.7. The van der Waals surface area contributed by atoms with Gasteiger partial charge in [0.15, 0.2) is 24.9 Å². The molecule has 0 fully saturated rings. The topological polar surface area (TPSA) is 93.4 Å². The number of para-hydroxylation sites is 1. The highest BCUT2D eigenvalue weighted by molar-refractivity contribution is 6.11. The Morgan fingerprint density at radius 2 is 0.559 bits per heavy atom. The molecule has 0 unspecified atom stereocenters. The number of aromatic nitrogens is 5. The van der Waals surface area contributed by atoms with Gasteiger partial charge in [-0.05, 0) is 48.5 Å². The molecule has 6 aromatic rings. The monoisotopic (exact) mass is 1420 g/mol. The van der Waals surface area contributed by atoms with Crippen LogP contribution in [-0.2, 0) is 0 Å². The van der Waals surface area contributed by atoms with Crippen molar-refractivity contribution in [2.45, 2.75) is 109 Å². The minimum atomic E-state index is -7.58. The van der Waals surface area contributed by atoms with E-state index in [1.165, 1.54) is 34.9 Å². The third-order valence-electron chi connectivity index (χ3n) is 12.6. The van der Waals surface area contributed by atoms with Crippen molar-refractivity contribution in [3.63, 3.8) is 0 Å². The molecule has 0 saturated heterocycles. The van der Waals surface area contributed by atoms with Crippen molar-refractivity contribution in [1.29, 1.82) is 0 Å². The van der Waals surface area contributed by atoms with E-state index in [0.717, 1.165) is 36.4 Å². The number of benzene rings is 3. The van der Waals surface area contributed by atoms with Gasteiger partial charge in [0.05, 0.1) is 49.2 Å². The van der Waals surface area contributed by atoms with Crippen LogP contribution < -0.4 is 18.9 Å². The van der Waals surface area contributed by atoms with Crippen LogP contribution in [0.2, 0.25) is 0 Å². The van der Waals surface area contributed by atoms with E-state index in [1.54, 1.807) is 0 Å². The third kappa shape index (κ3) is 13.2. The summed E-state index contributed by atoms with van der Waals surface area (Å²) in [5.41, 5.74) is -1.67. The molecule has 3 heterocycles. The van der Waals surface area contributed by atoms with E-state index in [1.807, 2.05) is 0 Å². The Kier molecular flexibility index (Phi) is 18.9. The number of fused-ring (bicyclic) bond motifs is 3. The molecule has 9 nitrogen and oxygen atoms in total. The number of hydrogen-bond acceptors (Lipinski definition) is 8. The lowest BCUT2D eigenvalue weighted by atomic mass is 10.0. The van der Waals surface area contributed by atoms with Gasteiger partial charge in [-0.15, -0.1) is 0 Å². The van der Waals surface area contributed by atoms with Crippen molar-refractivity contribution in [2.24, 2.45) is 0 Å². The highest BCUT2D eigenvalue weighted by Gasteiger charge is 2.85. The molecule has 0 atom stereocenters. The fourth-order valence-corrected chi connectivity index (χ4v) is 7.54. The third-order valence-corrected chi connectivity index (χ3v) is 12.6. The van der Waals surface area contributed by atoms with Crippen LogP contribution in [0.3, 0.4) is 0 Å². The van der Waals surface area contributed by atoms with Gasteiger partial charge in [0.25, 0.3) is 0 Å². The molecule has 0 N–H and O–H groups in total. The van der Waals surface area contributed by atoms with Gasteiger partial charge >= 0.3 is 95.8 Å². The van der Waals surface area contributed by atoms with E-state index in [-0.39, 0.29) is 39.6 Å².